The zero-order valence-corrected chi connectivity index (χ0v) is 12.7. The minimum atomic E-state index is -3.62. The fourth-order valence-corrected chi connectivity index (χ4v) is 4.88. The van der Waals surface area contributed by atoms with Gasteiger partial charge in [0.15, 0.2) is 0 Å². The van der Waals surface area contributed by atoms with Crippen LogP contribution in [-0.2, 0) is 9.05 Å². The fraction of sp³-hybridized carbons (Fsp3) is 0.538. The van der Waals surface area contributed by atoms with E-state index >= 15 is 0 Å². The molecule has 2 nitrogen and oxygen atoms in total. The zero-order valence-electron chi connectivity index (χ0n) is 10.4. The van der Waals surface area contributed by atoms with Gasteiger partial charge in [0, 0.05) is 20.8 Å². The van der Waals surface area contributed by atoms with Gasteiger partial charge >= 0.3 is 0 Å². The van der Waals surface area contributed by atoms with Gasteiger partial charge in [0.2, 0.25) is 0 Å². The smallest absolute Gasteiger partial charge is 0.207 e. The van der Waals surface area contributed by atoms with Crippen LogP contribution in [0, 0.1) is 6.92 Å². The number of aryl methyl sites for hydroxylation is 1. The Labute approximate surface area is 118 Å². The first kappa shape index (κ1) is 14.2. The van der Waals surface area contributed by atoms with Crippen molar-refractivity contribution in [3.8, 4) is 0 Å². The highest BCUT2D eigenvalue weighted by Gasteiger charge is 2.17. The molecule has 0 amide bonds. The topological polar surface area (TPSA) is 34.1 Å². The molecule has 100 valence electrons. The van der Waals surface area contributed by atoms with Gasteiger partial charge in [-0.3, -0.25) is 0 Å². The summed E-state index contributed by atoms with van der Waals surface area (Å²) in [6.07, 6.45) is 6.49. The molecule has 1 fully saturated rings. The van der Waals surface area contributed by atoms with Gasteiger partial charge in [-0.05, 0) is 43.5 Å². The first-order chi connectivity index (χ1) is 8.47. The van der Waals surface area contributed by atoms with E-state index in [-0.39, 0.29) is 4.90 Å². The Kier molecular flexibility index (Phi) is 4.62. The number of thioether (sulfide) groups is 1. The predicted molar refractivity (Wildman–Crippen MR) is 76.9 cm³/mol. The third kappa shape index (κ3) is 3.65. The average molecular weight is 305 g/mol. The minimum absolute atomic E-state index is 0.220. The molecule has 0 spiro atoms. The van der Waals surface area contributed by atoms with Gasteiger partial charge in [-0.1, -0.05) is 19.3 Å². The normalized spacial score (nSPS) is 17.9. The Morgan fingerprint density at radius 2 is 1.89 bits per heavy atom. The summed E-state index contributed by atoms with van der Waals surface area (Å²) < 4.78 is 22.6. The van der Waals surface area contributed by atoms with Crippen molar-refractivity contribution in [2.75, 3.05) is 0 Å². The fourth-order valence-electron chi connectivity index (χ4n) is 2.34. The molecule has 1 aromatic rings. The van der Waals surface area contributed by atoms with Crippen molar-refractivity contribution in [2.24, 2.45) is 0 Å². The van der Waals surface area contributed by atoms with Crippen LogP contribution in [0.15, 0.2) is 28.0 Å². The van der Waals surface area contributed by atoms with E-state index in [0.29, 0.717) is 5.25 Å². The molecule has 1 aromatic carbocycles. The van der Waals surface area contributed by atoms with Gasteiger partial charge in [-0.2, -0.15) is 0 Å². The van der Waals surface area contributed by atoms with Crippen molar-refractivity contribution in [3.63, 3.8) is 0 Å². The van der Waals surface area contributed by atoms with Gasteiger partial charge in [0.05, 0.1) is 4.90 Å². The standard InChI is InChI=1S/C13H17ClO2S2/c1-10-9-12(7-8-13(10)18(14,15)16)17-11-5-3-2-4-6-11/h7-9,11H,2-6H2,1H3. The van der Waals surface area contributed by atoms with Gasteiger partial charge < -0.3 is 0 Å². The molecule has 1 aliphatic carbocycles. The zero-order chi connectivity index (χ0) is 13.2. The molecule has 0 bridgehead atoms. The summed E-state index contributed by atoms with van der Waals surface area (Å²) in [4.78, 5) is 1.36. The number of benzene rings is 1. The molecule has 0 aromatic heterocycles. The van der Waals surface area contributed by atoms with Crippen LogP contribution in [0.4, 0.5) is 0 Å². The molecule has 5 heteroatoms. The number of hydrogen-bond donors (Lipinski definition) is 0. The molecule has 0 radical (unpaired) electrons. The number of rotatable bonds is 3. The molecular weight excluding hydrogens is 288 g/mol. The molecule has 0 N–H and O–H groups in total. The summed E-state index contributed by atoms with van der Waals surface area (Å²) in [5.41, 5.74) is 0.728. The van der Waals surface area contributed by atoms with E-state index < -0.39 is 9.05 Å². The maximum Gasteiger partial charge on any atom is 0.261 e. The lowest BCUT2D eigenvalue weighted by atomic mass is 10.0. The highest BCUT2D eigenvalue weighted by molar-refractivity contribution is 8.13. The lowest BCUT2D eigenvalue weighted by Gasteiger charge is -2.21. The molecule has 0 saturated heterocycles. The largest absolute Gasteiger partial charge is 0.261 e. The molecular formula is C13H17ClO2S2. The van der Waals surface area contributed by atoms with Crippen LogP contribution in [0.1, 0.15) is 37.7 Å². The SMILES string of the molecule is Cc1cc(SC2CCCCC2)ccc1S(=O)(=O)Cl. The second kappa shape index (κ2) is 5.85. The van der Waals surface area contributed by atoms with Crippen LogP contribution in [-0.4, -0.2) is 13.7 Å². The third-order valence-corrected chi connectivity index (χ3v) is 6.08. The first-order valence-electron chi connectivity index (χ1n) is 6.19. The van der Waals surface area contributed by atoms with E-state index in [4.69, 9.17) is 10.7 Å². The van der Waals surface area contributed by atoms with Crippen LogP contribution in [0.3, 0.4) is 0 Å². The van der Waals surface area contributed by atoms with Crippen molar-refractivity contribution < 1.29 is 8.42 Å². The van der Waals surface area contributed by atoms with Crippen molar-refractivity contribution in [2.45, 2.75) is 54.1 Å². The van der Waals surface area contributed by atoms with Crippen molar-refractivity contribution in [1.29, 1.82) is 0 Å². The van der Waals surface area contributed by atoms with Crippen molar-refractivity contribution in [1.82, 2.24) is 0 Å². The van der Waals surface area contributed by atoms with Crippen LogP contribution in [0.2, 0.25) is 0 Å². The minimum Gasteiger partial charge on any atom is -0.207 e. The van der Waals surface area contributed by atoms with E-state index in [9.17, 15) is 8.42 Å². The Balaban J connectivity index is 2.13. The van der Waals surface area contributed by atoms with Gasteiger partial charge in [0.25, 0.3) is 9.05 Å². The first-order valence-corrected chi connectivity index (χ1v) is 9.38. The number of halogens is 1. The highest BCUT2D eigenvalue weighted by Crippen LogP contribution is 2.35. The lowest BCUT2D eigenvalue weighted by molar-refractivity contribution is 0.516. The molecule has 0 unspecified atom stereocenters. The Morgan fingerprint density at radius 1 is 1.22 bits per heavy atom. The molecule has 0 heterocycles. The molecule has 0 atom stereocenters. The van der Waals surface area contributed by atoms with Gasteiger partial charge in [0.1, 0.15) is 0 Å². The second-order valence-corrected chi connectivity index (χ2v) is 8.65. The van der Waals surface area contributed by atoms with E-state index in [1.807, 2.05) is 23.9 Å². The summed E-state index contributed by atoms with van der Waals surface area (Å²) in [7, 11) is 1.75. The maximum absolute atomic E-state index is 11.3. The molecule has 1 saturated carbocycles. The Bertz CT molecular complexity index is 520. The second-order valence-electron chi connectivity index (χ2n) is 4.74. The monoisotopic (exact) mass is 304 g/mol. The maximum atomic E-state index is 11.3. The molecule has 1 aliphatic rings. The quantitative estimate of drug-likeness (QED) is 0.779. The average Bonchev–Trinajstić information content (AvgIpc) is 2.28. The predicted octanol–water partition coefficient (Wildman–Crippen LogP) is 4.35. The summed E-state index contributed by atoms with van der Waals surface area (Å²) in [5, 5.41) is 0.677. The molecule has 18 heavy (non-hydrogen) atoms. The van der Waals surface area contributed by atoms with E-state index in [0.717, 1.165) is 10.5 Å². The van der Waals surface area contributed by atoms with E-state index in [1.54, 1.807) is 13.0 Å². The molecule has 2 rings (SSSR count). The van der Waals surface area contributed by atoms with Gasteiger partial charge in [-0.15, -0.1) is 11.8 Å². The number of hydrogen-bond acceptors (Lipinski definition) is 3. The van der Waals surface area contributed by atoms with Crippen molar-refractivity contribution >= 4 is 31.5 Å². The Morgan fingerprint density at radius 3 is 2.44 bits per heavy atom. The summed E-state index contributed by atoms with van der Waals surface area (Å²) in [6, 6.07) is 5.40. The summed E-state index contributed by atoms with van der Waals surface area (Å²) in [5.74, 6) is 0. The van der Waals surface area contributed by atoms with Crippen LogP contribution in [0.25, 0.3) is 0 Å². The summed E-state index contributed by atoms with van der Waals surface area (Å²) >= 11 is 1.86. The van der Waals surface area contributed by atoms with Gasteiger partial charge in [-0.25, -0.2) is 8.42 Å². The van der Waals surface area contributed by atoms with E-state index in [1.165, 1.54) is 32.1 Å². The van der Waals surface area contributed by atoms with Crippen molar-refractivity contribution in [3.05, 3.63) is 23.8 Å². The third-order valence-electron chi connectivity index (χ3n) is 3.26. The Hall–Kier alpha value is -0.190. The van der Waals surface area contributed by atoms with E-state index in [2.05, 4.69) is 0 Å². The molecule has 0 aliphatic heterocycles. The van der Waals surface area contributed by atoms with Crippen LogP contribution in [0.5, 0.6) is 0 Å². The lowest BCUT2D eigenvalue weighted by Crippen LogP contribution is -2.07. The van der Waals surface area contributed by atoms with Crippen LogP contribution < -0.4 is 0 Å². The van der Waals surface area contributed by atoms with Crippen LogP contribution >= 0.6 is 22.4 Å². The highest BCUT2D eigenvalue weighted by atomic mass is 35.7. The summed E-state index contributed by atoms with van der Waals surface area (Å²) in [6.45, 7) is 1.79.